The van der Waals surface area contributed by atoms with E-state index in [0.29, 0.717) is 0 Å². The average Bonchev–Trinajstić information content (AvgIpc) is 2.39. The van der Waals surface area contributed by atoms with Crippen LogP contribution in [0.25, 0.3) is 0 Å². The molecule has 1 heteroatoms. The van der Waals surface area contributed by atoms with E-state index >= 15 is 0 Å². The van der Waals surface area contributed by atoms with Crippen LogP contribution in [0.5, 0.6) is 0 Å². The van der Waals surface area contributed by atoms with Gasteiger partial charge < -0.3 is 5.32 Å². The molecule has 1 aromatic carbocycles. The van der Waals surface area contributed by atoms with Crippen molar-refractivity contribution in [2.75, 3.05) is 11.9 Å². The molecule has 0 radical (unpaired) electrons. The normalized spacial score (nSPS) is 27.4. The summed E-state index contributed by atoms with van der Waals surface area (Å²) in [6, 6.07) is 6.90. The van der Waals surface area contributed by atoms with Crippen molar-refractivity contribution in [2.45, 2.75) is 51.9 Å². The number of fused-ring (bicyclic) bond motifs is 1. The van der Waals surface area contributed by atoms with Crippen LogP contribution in [0.1, 0.15) is 50.2 Å². The van der Waals surface area contributed by atoms with Gasteiger partial charge in [0, 0.05) is 12.2 Å². The fourth-order valence-corrected chi connectivity index (χ4v) is 3.81. The number of hydrogen-bond acceptors (Lipinski definition) is 1. The minimum atomic E-state index is 0.920. The van der Waals surface area contributed by atoms with Crippen LogP contribution in [0.15, 0.2) is 18.2 Å². The fraction of sp³-hybridized carbons (Fsp3) is 0.647. The SMILES string of the molecule is CC1CCCC(Cc2cccc3c2NCCC3)C1. The number of para-hydroxylation sites is 1. The van der Waals surface area contributed by atoms with Crippen molar-refractivity contribution in [3.05, 3.63) is 29.3 Å². The van der Waals surface area contributed by atoms with E-state index in [1.807, 2.05) is 0 Å². The highest BCUT2D eigenvalue weighted by Crippen LogP contribution is 2.34. The van der Waals surface area contributed by atoms with Crippen molar-refractivity contribution in [1.82, 2.24) is 0 Å². The summed E-state index contributed by atoms with van der Waals surface area (Å²) < 4.78 is 0. The van der Waals surface area contributed by atoms with E-state index < -0.39 is 0 Å². The molecule has 0 bridgehead atoms. The monoisotopic (exact) mass is 243 g/mol. The molecule has 0 saturated heterocycles. The van der Waals surface area contributed by atoms with E-state index in [9.17, 15) is 0 Å². The molecule has 1 fully saturated rings. The van der Waals surface area contributed by atoms with E-state index in [1.54, 1.807) is 11.1 Å². The molecule has 1 aliphatic heterocycles. The van der Waals surface area contributed by atoms with Crippen molar-refractivity contribution >= 4 is 5.69 Å². The summed E-state index contributed by atoms with van der Waals surface area (Å²) in [5.41, 5.74) is 4.59. The third kappa shape index (κ3) is 2.55. The van der Waals surface area contributed by atoms with Crippen molar-refractivity contribution in [1.29, 1.82) is 0 Å². The van der Waals surface area contributed by atoms with Crippen LogP contribution in [0.2, 0.25) is 0 Å². The van der Waals surface area contributed by atoms with Gasteiger partial charge in [0.1, 0.15) is 0 Å². The van der Waals surface area contributed by atoms with E-state index in [-0.39, 0.29) is 0 Å². The predicted molar refractivity (Wildman–Crippen MR) is 78.1 cm³/mol. The van der Waals surface area contributed by atoms with Gasteiger partial charge in [-0.25, -0.2) is 0 Å². The first-order valence-corrected chi connectivity index (χ1v) is 7.67. The summed E-state index contributed by atoms with van der Waals surface area (Å²) in [5, 5.41) is 3.63. The van der Waals surface area contributed by atoms with Crippen LogP contribution in [0, 0.1) is 11.8 Å². The third-order valence-electron chi connectivity index (χ3n) is 4.72. The lowest BCUT2D eigenvalue weighted by Gasteiger charge is -2.28. The maximum atomic E-state index is 3.63. The highest BCUT2D eigenvalue weighted by molar-refractivity contribution is 5.59. The van der Waals surface area contributed by atoms with Gasteiger partial charge >= 0.3 is 0 Å². The minimum Gasteiger partial charge on any atom is -0.385 e. The van der Waals surface area contributed by atoms with E-state index in [1.165, 1.54) is 50.6 Å². The molecular formula is C17H25N. The highest BCUT2D eigenvalue weighted by Gasteiger charge is 2.21. The van der Waals surface area contributed by atoms with Gasteiger partial charge in [-0.15, -0.1) is 0 Å². The Morgan fingerprint density at radius 3 is 3.06 bits per heavy atom. The number of hydrogen-bond donors (Lipinski definition) is 1. The molecule has 2 unspecified atom stereocenters. The Bertz CT molecular complexity index is 410. The third-order valence-corrected chi connectivity index (χ3v) is 4.72. The molecule has 1 N–H and O–H groups in total. The number of aryl methyl sites for hydroxylation is 1. The second kappa shape index (κ2) is 5.34. The maximum Gasteiger partial charge on any atom is 0.0405 e. The quantitative estimate of drug-likeness (QED) is 0.811. The molecule has 2 atom stereocenters. The Kier molecular flexibility index (Phi) is 3.58. The molecule has 2 aliphatic rings. The van der Waals surface area contributed by atoms with Gasteiger partial charge in [-0.1, -0.05) is 44.4 Å². The topological polar surface area (TPSA) is 12.0 Å². The number of nitrogens with one attached hydrogen (secondary N) is 1. The first-order valence-electron chi connectivity index (χ1n) is 7.67. The Morgan fingerprint density at radius 1 is 1.22 bits per heavy atom. The Balaban J connectivity index is 1.76. The molecule has 0 spiro atoms. The van der Waals surface area contributed by atoms with E-state index in [0.717, 1.165) is 18.4 Å². The summed E-state index contributed by atoms with van der Waals surface area (Å²) in [5.74, 6) is 1.86. The lowest BCUT2D eigenvalue weighted by molar-refractivity contribution is 0.281. The molecular weight excluding hydrogens is 218 g/mol. The zero-order chi connectivity index (χ0) is 12.4. The zero-order valence-corrected chi connectivity index (χ0v) is 11.5. The van der Waals surface area contributed by atoms with Gasteiger partial charge in [0.15, 0.2) is 0 Å². The van der Waals surface area contributed by atoms with Crippen molar-refractivity contribution < 1.29 is 0 Å². The molecule has 1 heterocycles. The summed E-state index contributed by atoms with van der Waals surface area (Å²) in [6.45, 7) is 3.58. The lowest BCUT2D eigenvalue weighted by Crippen LogP contribution is -2.18. The minimum absolute atomic E-state index is 0.920. The molecule has 3 rings (SSSR count). The number of anilines is 1. The van der Waals surface area contributed by atoms with Crippen LogP contribution in [0.4, 0.5) is 5.69 Å². The van der Waals surface area contributed by atoms with Crippen molar-refractivity contribution in [2.24, 2.45) is 11.8 Å². The first-order chi connectivity index (χ1) is 8.83. The first kappa shape index (κ1) is 12.1. The lowest BCUT2D eigenvalue weighted by atomic mass is 9.79. The predicted octanol–water partition coefficient (Wildman–Crippen LogP) is 4.41. The van der Waals surface area contributed by atoms with Crippen LogP contribution in [-0.4, -0.2) is 6.54 Å². The number of rotatable bonds is 2. The summed E-state index contributed by atoms with van der Waals surface area (Å²) in [7, 11) is 0. The molecule has 98 valence electrons. The van der Waals surface area contributed by atoms with Gasteiger partial charge in [0.05, 0.1) is 0 Å². The van der Waals surface area contributed by atoms with Crippen molar-refractivity contribution in [3.8, 4) is 0 Å². The van der Waals surface area contributed by atoms with Gasteiger partial charge in [-0.05, 0) is 48.6 Å². The molecule has 0 amide bonds. The highest BCUT2D eigenvalue weighted by atomic mass is 14.9. The zero-order valence-electron chi connectivity index (χ0n) is 11.5. The molecule has 1 nitrogen and oxygen atoms in total. The molecule has 18 heavy (non-hydrogen) atoms. The van der Waals surface area contributed by atoms with Crippen molar-refractivity contribution in [3.63, 3.8) is 0 Å². The second-order valence-electron chi connectivity index (χ2n) is 6.32. The van der Waals surface area contributed by atoms with Crippen LogP contribution in [-0.2, 0) is 12.8 Å². The van der Waals surface area contributed by atoms with Crippen LogP contribution >= 0.6 is 0 Å². The van der Waals surface area contributed by atoms with E-state index in [2.05, 4.69) is 30.4 Å². The summed E-state index contributed by atoms with van der Waals surface area (Å²) >= 11 is 0. The standard InChI is InChI=1S/C17H25N/c1-13-5-2-6-14(11-13)12-16-8-3-7-15-9-4-10-18-17(15)16/h3,7-8,13-14,18H,2,4-6,9-12H2,1H3. The Morgan fingerprint density at radius 2 is 2.17 bits per heavy atom. The van der Waals surface area contributed by atoms with E-state index in [4.69, 9.17) is 0 Å². The molecule has 1 aromatic rings. The average molecular weight is 243 g/mol. The van der Waals surface area contributed by atoms with Crippen LogP contribution < -0.4 is 5.32 Å². The molecule has 0 aromatic heterocycles. The van der Waals surface area contributed by atoms with Gasteiger partial charge in [-0.2, -0.15) is 0 Å². The van der Waals surface area contributed by atoms with Crippen LogP contribution in [0.3, 0.4) is 0 Å². The second-order valence-corrected chi connectivity index (χ2v) is 6.32. The Labute approximate surface area is 111 Å². The largest absolute Gasteiger partial charge is 0.385 e. The maximum absolute atomic E-state index is 3.63. The number of benzene rings is 1. The smallest absolute Gasteiger partial charge is 0.0405 e. The van der Waals surface area contributed by atoms with Gasteiger partial charge in [0.2, 0.25) is 0 Å². The molecule has 1 saturated carbocycles. The molecule has 1 aliphatic carbocycles. The fourth-order valence-electron chi connectivity index (χ4n) is 3.81. The summed E-state index contributed by atoms with van der Waals surface area (Å²) in [4.78, 5) is 0. The Hall–Kier alpha value is -0.980. The van der Waals surface area contributed by atoms with Gasteiger partial charge in [-0.3, -0.25) is 0 Å². The van der Waals surface area contributed by atoms with Gasteiger partial charge in [0.25, 0.3) is 0 Å². The summed E-state index contributed by atoms with van der Waals surface area (Å²) in [6.07, 6.45) is 9.60.